The van der Waals surface area contributed by atoms with E-state index >= 15 is 0 Å². The molecular formula is C18H20N2O4. The second-order valence-electron chi connectivity index (χ2n) is 6.34. The fourth-order valence-electron chi connectivity index (χ4n) is 3.60. The van der Waals surface area contributed by atoms with Crippen LogP contribution in [-0.2, 0) is 14.3 Å². The first-order valence-electron chi connectivity index (χ1n) is 8.24. The molecule has 0 radical (unpaired) electrons. The fourth-order valence-corrected chi connectivity index (χ4v) is 3.60. The van der Waals surface area contributed by atoms with Crippen molar-refractivity contribution in [2.24, 2.45) is 5.92 Å². The molecule has 1 amide bonds. The Morgan fingerprint density at radius 3 is 2.67 bits per heavy atom. The van der Waals surface area contributed by atoms with Crippen LogP contribution in [0.4, 0.5) is 0 Å². The smallest absolute Gasteiger partial charge is 0.308 e. The number of hydrogen-bond donors (Lipinski definition) is 1. The number of amides is 1. The van der Waals surface area contributed by atoms with Crippen molar-refractivity contribution in [1.29, 1.82) is 5.26 Å². The molecule has 1 N–H and O–H groups in total. The molecule has 3 unspecified atom stereocenters. The topological polar surface area (TPSA) is 90.6 Å². The predicted octanol–water partition coefficient (Wildman–Crippen LogP) is 2.10. The van der Waals surface area contributed by atoms with E-state index in [1.165, 1.54) is 0 Å². The van der Waals surface area contributed by atoms with Crippen molar-refractivity contribution in [1.82, 2.24) is 4.90 Å². The molecule has 0 saturated carbocycles. The number of rotatable bonds is 4. The summed E-state index contributed by atoms with van der Waals surface area (Å²) in [4.78, 5) is 25.9. The van der Waals surface area contributed by atoms with Crippen molar-refractivity contribution in [3.8, 4) is 6.07 Å². The highest BCUT2D eigenvalue weighted by Crippen LogP contribution is 2.37. The van der Waals surface area contributed by atoms with Crippen LogP contribution >= 0.6 is 0 Å². The van der Waals surface area contributed by atoms with E-state index in [9.17, 15) is 14.7 Å². The second-order valence-corrected chi connectivity index (χ2v) is 6.34. The van der Waals surface area contributed by atoms with Gasteiger partial charge in [0.1, 0.15) is 0 Å². The van der Waals surface area contributed by atoms with Gasteiger partial charge in [-0.3, -0.25) is 9.59 Å². The molecule has 2 saturated heterocycles. The van der Waals surface area contributed by atoms with E-state index in [0.717, 1.165) is 18.4 Å². The lowest BCUT2D eigenvalue weighted by Crippen LogP contribution is -2.48. The Morgan fingerprint density at radius 2 is 2.08 bits per heavy atom. The monoisotopic (exact) mass is 328 g/mol. The van der Waals surface area contributed by atoms with E-state index in [0.29, 0.717) is 25.1 Å². The summed E-state index contributed by atoms with van der Waals surface area (Å²) in [6.45, 7) is 1.11. The van der Waals surface area contributed by atoms with Gasteiger partial charge in [-0.15, -0.1) is 0 Å². The molecule has 126 valence electrons. The minimum absolute atomic E-state index is 0.0256. The lowest BCUT2D eigenvalue weighted by molar-refractivity contribution is -0.153. The van der Waals surface area contributed by atoms with Crippen LogP contribution in [0.5, 0.6) is 0 Å². The molecule has 6 nitrogen and oxygen atoms in total. The molecule has 1 aromatic rings. The number of benzene rings is 1. The van der Waals surface area contributed by atoms with Gasteiger partial charge in [-0.2, -0.15) is 5.26 Å². The quantitative estimate of drug-likeness (QED) is 0.914. The van der Waals surface area contributed by atoms with Gasteiger partial charge in [-0.25, -0.2) is 0 Å². The lowest BCUT2D eigenvalue weighted by atomic mass is 9.84. The maximum Gasteiger partial charge on any atom is 0.308 e. The van der Waals surface area contributed by atoms with Gasteiger partial charge in [-0.05, 0) is 37.0 Å². The van der Waals surface area contributed by atoms with Crippen LogP contribution in [0.3, 0.4) is 0 Å². The molecule has 0 aliphatic carbocycles. The Bertz CT molecular complexity index is 659. The number of carbonyl (C=O) groups is 2. The molecule has 0 spiro atoms. The van der Waals surface area contributed by atoms with E-state index in [-0.39, 0.29) is 18.4 Å². The standard InChI is InChI=1S/C18H20N2O4/c19-10-12-3-5-13(6-4-12)17-15(18(22)23)7-8-16(21)20(17)11-14-2-1-9-24-14/h3-6,14-15,17H,1-2,7-9,11H2,(H,22,23). The minimum Gasteiger partial charge on any atom is -0.481 e. The number of carbonyl (C=O) groups excluding carboxylic acids is 1. The molecule has 2 aliphatic heterocycles. The molecule has 6 heteroatoms. The summed E-state index contributed by atoms with van der Waals surface area (Å²) in [7, 11) is 0. The van der Waals surface area contributed by atoms with Crippen molar-refractivity contribution in [2.75, 3.05) is 13.2 Å². The van der Waals surface area contributed by atoms with Gasteiger partial charge in [0.05, 0.1) is 29.7 Å². The molecule has 2 aliphatic rings. The van der Waals surface area contributed by atoms with Gasteiger partial charge in [0.2, 0.25) is 5.91 Å². The number of likely N-dealkylation sites (tertiary alicyclic amines) is 1. The van der Waals surface area contributed by atoms with Crippen LogP contribution in [0.15, 0.2) is 24.3 Å². The van der Waals surface area contributed by atoms with Gasteiger partial charge in [-0.1, -0.05) is 12.1 Å². The van der Waals surface area contributed by atoms with Crippen LogP contribution < -0.4 is 0 Å². The number of hydrogen-bond acceptors (Lipinski definition) is 4. The highest BCUT2D eigenvalue weighted by molar-refractivity contribution is 5.81. The number of nitrogens with zero attached hydrogens (tertiary/aromatic N) is 2. The van der Waals surface area contributed by atoms with Crippen LogP contribution in [0.1, 0.15) is 42.9 Å². The summed E-state index contributed by atoms with van der Waals surface area (Å²) < 4.78 is 5.64. The van der Waals surface area contributed by atoms with Crippen molar-refractivity contribution >= 4 is 11.9 Å². The molecule has 1 aromatic carbocycles. The van der Waals surface area contributed by atoms with Gasteiger partial charge in [0.25, 0.3) is 0 Å². The van der Waals surface area contributed by atoms with E-state index in [1.54, 1.807) is 29.2 Å². The maximum absolute atomic E-state index is 12.5. The number of aliphatic carboxylic acids is 1. The number of nitriles is 1. The zero-order valence-corrected chi connectivity index (χ0v) is 13.4. The third-order valence-corrected chi connectivity index (χ3v) is 4.83. The summed E-state index contributed by atoms with van der Waals surface area (Å²) in [5, 5.41) is 18.6. The highest BCUT2D eigenvalue weighted by atomic mass is 16.5. The predicted molar refractivity (Wildman–Crippen MR) is 84.9 cm³/mol. The average Bonchev–Trinajstić information content (AvgIpc) is 3.09. The first kappa shape index (κ1) is 16.5. The Hall–Kier alpha value is -2.39. The van der Waals surface area contributed by atoms with Crippen molar-refractivity contribution < 1.29 is 19.4 Å². The fraction of sp³-hybridized carbons (Fsp3) is 0.500. The van der Waals surface area contributed by atoms with Gasteiger partial charge in [0, 0.05) is 19.6 Å². The number of carboxylic acids is 1. The molecule has 3 rings (SSSR count). The first-order chi connectivity index (χ1) is 11.6. The summed E-state index contributed by atoms with van der Waals surface area (Å²) in [6.07, 6.45) is 2.41. The highest BCUT2D eigenvalue weighted by Gasteiger charge is 2.41. The van der Waals surface area contributed by atoms with Crippen molar-refractivity contribution in [3.63, 3.8) is 0 Å². The van der Waals surface area contributed by atoms with E-state index in [1.807, 2.05) is 0 Å². The molecule has 0 bridgehead atoms. The third kappa shape index (κ3) is 3.26. The zero-order valence-electron chi connectivity index (χ0n) is 13.4. The van der Waals surface area contributed by atoms with Crippen LogP contribution in [0.25, 0.3) is 0 Å². The lowest BCUT2D eigenvalue weighted by Gasteiger charge is -2.40. The van der Waals surface area contributed by atoms with Gasteiger partial charge >= 0.3 is 5.97 Å². The number of carboxylic acid groups (broad SMARTS) is 1. The minimum atomic E-state index is -0.894. The maximum atomic E-state index is 12.5. The second kappa shape index (κ2) is 7.02. The normalized spacial score (nSPS) is 27.0. The van der Waals surface area contributed by atoms with E-state index < -0.39 is 17.9 Å². The third-order valence-electron chi connectivity index (χ3n) is 4.83. The van der Waals surface area contributed by atoms with E-state index in [2.05, 4.69) is 6.07 Å². The molecule has 0 aromatic heterocycles. The largest absolute Gasteiger partial charge is 0.481 e. The number of piperidine rings is 1. The van der Waals surface area contributed by atoms with Crippen molar-refractivity contribution in [3.05, 3.63) is 35.4 Å². The van der Waals surface area contributed by atoms with Gasteiger partial charge < -0.3 is 14.7 Å². The van der Waals surface area contributed by atoms with E-state index in [4.69, 9.17) is 10.00 Å². The van der Waals surface area contributed by atoms with Crippen molar-refractivity contribution in [2.45, 2.75) is 37.8 Å². The Labute approximate surface area is 140 Å². The SMILES string of the molecule is N#Cc1ccc(C2C(C(=O)O)CCC(=O)N2CC2CCCO2)cc1. The molecule has 2 fully saturated rings. The first-order valence-corrected chi connectivity index (χ1v) is 8.24. The summed E-state index contributed by atoms with van der Waals surface area (Å²) >= 11 is 0. The molecule has 3 atom stereocenters. The zero-order chi connectivity index (χ0) is 17.1. The summed E-state index contributed by atoms with van der Waals surface area (Å²) in [6, 6.07) is 8.37. The summed E-state index contributed by atoms with van der Waals surface area (Å²) in [5.74, 6) is -1.57. The van der Waals surface area contributed by atoms with Crippen LogP contribution in [-0.4, -0.2) is 41.1 Å². The van der Waals surface area contributed by atoms with Gasteiger partial charge in [0.15, 0.2) is 0 Å². The Balaban J connectivity index is 1.92. The molecule has 24 heavy (non-hydrogen) atoms. The molecule has 2 heterocycles. The summed E-state index contributed by atoms with van der Waals surface area (Å²) in [5.41, 5.74) is 1.27. The number of ether oxygens (including phenoxy) is 1. The Morgan fingerprint density at radius 1 is 1.33 bits per heavy atom. The Kier molecular flexibility index (Phi) is 4.81. The molecular weight excluding hydrogens is 308 g/mol. The van der Waals surface area contributed by atoms with Crippen LogP contribution in [0, 0.1) is 17.2 Å². The average molecular weight is 328 g/mol. The van der Waals surface area contributed by atoms with Crippen LogP contribution in [0.2, 0.25) is 0 Å².